The van der Waals surface area contributed by atoms with Crippen LogP contribution in [0.4, 0.5) is 5.69 Å². The number of hydrogen-bond donors (Lipinski definition) is 2. The molecule has 1 heterocycles. The number of hydrogen-bond acceptors (Lipinski definition) is 3. The standard InChI is InChI=1S/C16H24N2O2/c1-4-11(2)20-15-7-5-6-14(8-15)18-16(19)12(3)13-9-17-10-13/h5-8,11-13,17H,4,9-10H2,1-3H3,(H,18,19). The van der Waals surface area contributed by atoms with Gasteiger partial charge in [-0.1, -0.05) is 19.9 Å². The minimum absolute atomic E-state index is 0.0374. The summed E-state index contributed by atoms with van der Waals surface area (Å²) in [6.45, 7) is 7.99. The first-order valence-corrected chi connectivity index (χ1v) is 7.38. The van der Waals surface area contributed by atoms with Crippen molar-refractivity contribution in [2.45, 2.75) is 33.3 Å². The van der Waals surface area contributed by atoms with Crippen LogP contribution < -0.4 is 15.4 Å². The molecule has 1 amide bonds. The van der Waals surface area contributed by atoms with Gasteiger partial charge in [0.05, 0.1) is 6.10 Å². The number of rotatable bonds is 6. The molecule has 1 aromatic carbocycles. The van der Waals surface area contributed by atoms with E-state index in [0.717, 1.165) is 30.9 Å². The highest BCUT2D eigenvalue weighted by atomic mass is 16.5. The highest BCUT2D eigenvalue weighted by Crippen LogP contribution is 2.22. The second-order valence-corrected chi connectivity index (χ2v) is 5.56. The first-order valence-electron chi connectivity index (χ1n) is 7.38. The van der Waals surface area contributed by atoms with E-state index in [1.165, 1.54) is 0 Å². The van der Waals surface area contributed by atoms with Gasteiger partial charge < -0.3 is 15.4 Å². The Labute approximate surface area is 120 Å². The van der Waals surface area contributed by atoms with Gasteiger partial charge in [-0.05, 0) is 44.5 Å². The summed E-state index contributed by atoms with van der Waals surface area (Å²) in [6.07, 6.45) is 1.14. The van der Waals surface area contributed by atoms with Crippen molar-refractivity contribution in [3.63, 3.8) is 0 Å². The molecule has 1 aliphatic rings. The van der Waals surface area contributed by atoms with Crippen molar-refractivity contribution in [1.29, 1.82) is 0 Å². The maximum absolute atomic E-state index is 12.2. The molecule has 4 nitrogen and oxygen atoms in total. The van der Waals surface area contributed by atoms with E-state index < -0.39 is 0 Å². The van der Waals surface area contributed by atoms with Crippen molar-refractivity contribution in [2.24, 2.45) is 11.8 Å². The zero-order valence-corrected chi connectivity index (χ0v) is 12.5. The molecule has 0 saturated carbocycles. The van der Waals surface area contributed by atoms with Crippen molar-refractivity contribution in [3.05, 3.63) is 24.3 Å². The molecule has 0 bridgehead atoms. The molecule has 2 rings (SSSR count). The van der Waals surface area contributed by atoms with Gasteiger partial charge in [0.2, 0.25) is 5.91 Å². The molecular formula is C16H24N2O2. The van der Waals surface area contributed by atoms with E-state index >= 15 is 0 Å². The van der Waals surface area contributed by atoms with E-state index in [1.807, 2.05) is 38.1 Å². The molecule has 110 valence electrons. The molecule has 0 aliphatic carbocycles. The zero-order chi connectivity index (χ0) is 14.5. The van der Waals surface area contributed by atoms with Crippen molar-refractivity contribution in [3.8, 4) is 5.75 Å². The highest BCUT2D eigenvalue weighted by Gasteiger charge is 2.28. The van der Waals surface area contributed by atoms with Gasteiger partial charge in [-0.15, -0.1) is 0 Å². The maximum Gasteiger partial charge on any atom is 0.227 e. The number of carbonyl (C=O) groups excluding carboxylic acids is 1. The van der Waals surface area contributed by atoms with Gasteiger partial charge in [0.15, 0.2) is 0 Å². The summed E-state index contributed by atoms with van der Waals surface area (Å²) in [7, 11) is 0. The van der Waals surface area contributed by atoms with Crippen LogP contribution in [0.3, 0.4) is 0 Å². The number of anilines is 1. The van der Waals surface area contributed by atoms with Crippen LogP contribution in [-0.4, -0.2) is 25.1 Å². The number of amides is 1. The van der Waals surface area contributed by atoms with Crippen LogP contribution >= 0.6 is 0 Å². The van der Waals surface area contributed by atoms with Crippen molar-refractivity contribution in [2.75, 3.05) is 18.4 Å². The number of ether oxygens (including phenoxy) is 1. The average molecular weight is 276 g/mol. The smallest absolute Gasteiger partial charge is 0.227 e. The fourth-order valence-corrected chi connectivity index (χ4v) is 2.10. The molecule has 1 saturated heterocycles. The van der Waals surface area contributed by atoms with Crippen LogP contribution in [0, 0.1) is 11.8 Å². The Hall–Kier alpha value is -1.55. The van der Waals surface area contributed by atoms with Gasteiger partial charge in [-0.3, -0.25) is 4.79 Å². The van der Waals surface area contributed by atoms with Crippen LogP contribution in [0.1, 0.15) is 27.2 Å². The lowest BCUT2D eigenvalue weighted by Crippen LogP contribution is -2.48. The number of benzene rings is 1. The van der Waals surface area contributed by atoms with E-state index in [1.54, 1.807) is 0 Å². The second-order valence-electron chi connectivity index (χ2n) is 5.56. The van der Waals surface area contributed by atoms with Gasteiger partial charge in [-0.25, -0.2) is 0 Å². The van der Waals surface area contributed by atoms with Crippen molar-refractivity contribution in [1.82, 2.24) is 5.32 Å². The third-order valence-corrected chi connectivity index (χ3v) is 3.95. The summed E-state index contributed by atoms with van der Waals surface area (Å²) in [5.74, 6) is 1.37. The molecular weight excluding hydrogens is 252 g/mol. The Balaban J connectivity index is 1.94. The lowest BCUT2D eigenvalue weighted by Gasteiger charge is -2.31. The molecule has 4 heteroatoms. The van der Waals surface area contributed by atoms with Crippen LogP contribution in [0.2, 0.25) is 0 Å². The fourth-order valence-electron chi connectivity index (χ4n) is 2.10. The summed E-state index contributed by atoms with van der Waals surface area (Å²) in [5, 5.41) is 6.17. The summed E-state index contributed by atoms with van der Waals surface area (Å²) in [6, 6.07) is 7.60. The first kappa shape index (κ1) is 14.9. The summed E-state index contributed by atoms with van der Waals surface area (Å²) in [4.78, 5) is 12.2. The Bertz CT molecular complexity index is 458. The Morgan fingerprint density at radius 2 is 2.20 bits per heavy atom. The highest BCUT2D eigenvalue weighted by molar-refractivity contribution is 5.92. The normalized spacial score (nSPS) is 17.9. The predicted molar refractivity (Wildman–Crippen MR) is 81.0 cm³/mol. The fraction of sp³-hybridized carbons (Fsp3) is 0.562. The van der Waals surface area contributed by atoms with Gasteiger partial charge in [0.25, 0.3) is 0 Å². The Morgan fingerprint density at radius 1 is 1.45 bits per heavy atom. The van der Waals surface area contributed by atoms with Crippen molar-refractivity contribution < 1.29 is 9.53 Å². The number of nitrogens with one attached hydrogen (secondary N) is 2. The predicted octanol–water partition coefficient (Wildman–Crippen LogP) is 2.66. The monoisotopic (exact) mass is 276 g/mol. The molecule has 0 aromatic heterocycles. The zero-order valence-electron chi connectivity index (χ0n) is 12.5. The van der Waals surface area contributed by atoms with Gasteiger partial charge in [0, 0.05) is 17.7 Å². The van der Waals surface area contributed by atoms with Crippen LogP contribution in [0.25, 0.3) is 0 Å². The van der Waals surface area contributed by atoms with E-state index in [2.05, 4.69) is 17.6 Å². The third kappa shape index (κ3) is 3.73. The molecule has 20 heavy (non-hydrogen) atoms. The number of carbonyl (C=O) groups is 1. The topological polar surface area (TPSA) is 50.4 Å². The molecule has 2 unspecified atom stereocenters. The SMILES string of the molecule is CCC(C)Oc1cccc(NC(=O)C(C)C2CNC2)c1. The van der Waals surface area contributed by atoms with E-state index in [4.69, 9.17) is 4.74 Å². The van der Waals surface area contributed by atoms with Crippen molar-refractivity contribution >= 4 is 11.6 Å². The second kappa shape index (κ2) is 6.75. The van der Waals surface area contributed by atoms with Crippen LogP contribution in [0.5, 0.6) is 5.75 Å². The average Bonchev–Trinajstić information content (AvgIpc) is 2.36. The molecule has 2 N–H and O–H groups in total. The lowest BCUT2D eigenvalue weighted by atomic mass is 9.88. The van der Waals surface area contributed by atoms with E-state index in [-0.39, 0.29) is 17.9 Å². The van der Waals surface area contributed by atoms with Crippen LogP contribution in [-0.2, 0) is 4.79 Å². The molecule has 2 atom stereocenters. The van der Waals surface area contributed by atoms with Crippen LogP contribution in [0.15, 0.2) is 24.3 Å². The molecule has 0 spiro atoms. The minimum atomic E-state index is 0.0374. The van der Waals surface area contributed by atoms with E-state index in [0.29, 0.717) is 5.92 Å². The Kier molecular flexibility index (Phi) is 5.01. The first-order chi connectivity index (χ1) is 9.60. The molecule has 0 radical (unpaired) electrons. The van der Waals surface area contributed by atoms with E-state index in [9.17, 15) is 4.79 Å². The summed E-state index contributed by atoms with van der Waals surface area (Å²) < 4.78 is 5.76. The maximum atomic E-state index is 12.2. The molecule has 1 aliphatic heterocycles. The van der Waals surface area contributed by atoms with Gasteiger partial charge in [0.1, 0.15) is 5.75 Å². The lowest BCUT2D eigenvalue weighted by molar-refractivity contribution is -0.121. The summed E-state index contributed by atoms with van der Waals surface area (Å²) >= 11 is 0. The van der Waals surface area contributed by atoms with Gasteiger partial charge in [-0.2, -0.15) is 0 Å². The largest absolute Gasteiger partial charge is 0.491 e. The third-order valence-electron chi connectivity index (χ3n) is 3.95. The quantitative estimate of drug-likeness (QED) is 0.840. The Morgan fingerprint density at radius 3 is 2.80 bits per heavy atom. The molecule has 1 aromatic rings. The summed E-state index contributed by atoms with van der Waals surface area (Å²) in [5.41, 5.74) is 0.801. The molecule has 1 fully saturated rings. The minimum Gasteiger partial charge on any atom is -0.491 e. The van der Waals surface area contributed by atoms with Gasteiger partial charge >= 0.3 is 0 Å².